The Balaban J connectivity index is 1.66. The zero-order valence-electron chi connectivity index (χ0n) is 18.4. The van der Waals surface area contributed by atoms with Gasteiger partial charge in [0.15, 0.2) is 0 Å². The molecule has 0 radical (unpaired) electrons. The fourth-order valence-electron chi connectivity index (χ4n) is 4.07. The smallest absolute Gasteiger partial charge is 0.326 e. The number of rotatable bonds is 4. The second-order valence-corrected chi connectivity index (χ2v) is 8.84. The first kappa shape index (κ1) is 22.2. The zero-order valence-corrected chi connectivity index (χ0v) is 19.9. The monoisotopic (exact) mass is 490 g/mol. The van der Waals surface area contributed by atoms with Gasteiger partial charge in [0.25, 0.3) is 5.89 Å². The average molecular weight is 491 g/mol. The van der Waals surface area contributed by atoms with Crippen molar-refractivity contribution in [3.8, 4) is 11.4 Å². The van der Waals surface area contributed by atoms with Gasteiger partial charge in [0, 0.05) is 21.3 Å². The Bertz CT molecular complexity index is 1420. The van der Waals surface area contributed by atoms with Crippen LogP contribution in [-0.2, 0) is 0 Å². The van der Waals surface area contributed by atoms with Crippen LogP contribution in [0.3, 0.4) is 0 Å². The van der Waals surface area contributed by atoms with Crippen molar-refractivity contribution in [3.63, 3.8) is 0 Å². The molecule has 0 aliphatic carbocycles. The standard InChI is InChI=1S/C26H20Cl2N4O2/c1-15-13-20(11-12-21(15)28)32-16(2)22(23(29-26(32)33)17-7-4-3-5-8-17)25-30-24(31-34-25)18-9-6-10-19(27)14-18/h3-14,23H,1-2H3,(H,29,33). The number of nitrogens with one attached hydrogen (secondary N) is 1. The van der Waals surface area contributed by atoms with Gasteiger partial charge in [-0.05, 0) is 55.3 Å². The van der Waals surface area contributed by atoms with Crippen LogP contribution >= 0.6 is 23.2 Å². The summed E-state index contributed by atoms with van der Waals surface area (Å²) in [6, 6.07) is 21.7. The average Bonchev–Trinajstić information content (AvgIpc) is 3.31. The lowest BCUT2D eigenvalue weighted by atomic mass is 9.94. The Morgan fingerprint density at radius 3 is 2.50 bits per heavy atom. The molecule has 0 saturated heterocycles. The molecule has 0 saturated carbocycles. The Hall–Kier alpha value is -3.61. The first-order chi connectivity index (χ1) is 16.4. The molecule has 170 valence electrons. The molecule has 4 aromatic rings. The highest BCUT2D eigenvalue weighted by molar-refractivity contribution is 6.31. The summed E-state index contributed by atoms with van der Waals surface area (Å²) in [6.45, 7) is 3.77. The molecule has 0 bridgehead atoms. The van der Waals surface area contributed by atoms with Crippen molar-refractivity contribution in [2.75, 3.05) is 4.90 Å². The number of benzene rings is 3. The van der Waals surface area contributed by atoms with E-state index in [0.29, 0.717) is 38.7 Å². The van der Waals surface area contributed by atoms with Crippen molar-refractivity contribution in [1.29, 1.82) is 0 Å². The highest BCUT2D eigenvalue weighted by Crippen LogP contribution is 2.39. The number of urea groups is 1. The number of amides is 2. The molecule has 1 N–H and O–H groups in total. The number of nitrogens with zero attached hydrogens (tertiary/aromatic N) is 3. The molecular weight excluding hydrogens is 471 g/mol. The molecule has 6 nitrogen and oxygen atoms in total. The van der Waals surface area contributed by atoms with Crippen molar-refractivity contribution in [2.24, 2.45) is 0 Å². The van der Waals surface area contributed by atoms with E-state index in [2.05, 4.69) is 15.5 Å². The number of halogens is 2. The molecule has 1 atom stereocenters. The predicted octanol–water partition coefficient (Wildman–Crippen LogP) is 7.05. The third kappa shape index (κ3) is 4.06. The van der Waals surface area contributed by atoms with Crippen molar-refractivity contribution >= 4 is 40.5 Å². The third-order valence-electron chi connectivity index (χ3n) is 5.76. The van der Waals surface area contributed by atoms with Crippen LogP contribution in [0.1, 0.15) is 30.0 Å². The molecule has 1 aliphatic heterocycles. The zero-order chi connectivity index (χ0) is 23.8. The van der Waals surface area contributed by atoms with Gasteiger partial charge >= 0.3 is 6.03 Å². The van der Waals surface area contributed by atoms with Crippen molar-refractivity contribution in [1.82, 2.24) is 15.5 Å². The molecule has 8 heteroatoms. The molecule has 0 fully saturated rings. The van der Waals surface area contributed by atoms with Gasteiger partial charge in [0.05, 0.1) is 17.3 Å². The summed E-state index contributed by atoms with van der Waals surface area (Å²) >= 11 is 12.4. The second kappa shape index (κ2) is 8.97. The molecule has 1 aliphatic rings. The van der Waals surface area contributed by atoms with Crippen LogP contribution in [-0.4, -0.2) is 16.2 Å². The summed E-state index contributed by atoms with van der Waals surface area (Å²) in [5.41, 5.74) is 4.59. The lowest BCUT2D eigenvalue weighted by Crippen LogP contribution is -2.46. The van der Waals surface area contributed by atoms with Crippen LogP contribution < -0.4 is 10.2 Å². The maximum absolute atomic E-state index is 13.3. The molecule has 2 heterocycles. The molecule has 1 aromatic heterocycles. The van der Waals surface area contributed by atoms with Crippen LogP contribution in [0.4, 0.5) is 10.5 Å². The maximum Gasteiger partial charge on any atom is 0.326 e. The lowest BCUT2D eigenvalue weighted by Gasteiger charge is -2.35. The van der Waals surface area contributed by atoms with Crippen LogP contribution in [0.25, 0.3) is 17.0 Å². The Labute approximate surface area is 206 Å². The molecule has 5 rings (SSSR count). The van der Waals surface area contributed by atoms with Crippen molar-refractivity contribution < 1.29 is 9.32 Å². The van der Waals surface area contributed by atoms with Gasteiger partial charge in [0.1, 0.15) is 0 Å². The summed E-state index contributed by atoms with van der Waals surface area (Å²) in [7, 11) is 0. The summed E-state index contributed by atoms with van der Waals surface area (Å²) in [5, 5.41) is 8.49. The predicted molar refractivity (Wildman–Crippen MR) is 134 cm³/mol. The van der Waals surface area contributed by atoms with Gasteiger partial charge in [-0.25, -0.2) is 4.79 Å². The highest BCUT2D eigenvalue weighted by atomic mass is 35.5. The minimum absolute atomic E-state index is 0.258. The SMILES string of the molecule is CC1=C(c2nc(-c3cccc(Cl)c3)no2)C(c2ccccc2)NC(=O)N1c1ccc(Cl)c(C)c1. The number of allylic oxidation sites excluding steroid dienone is 1. The van der Waals surface area contributed by atoms with Crippen LogP contribution in [0.2, 0.25) is 10.0 Å². The third-order valence-corrected chi connectivity index (χ3v) is 6.42. The summed E-state index contributed by atoms with van der Waals surface area (Å²) in [5.74, 6) is 0.729. The van der Waals surface area contributed by atoms with Gasteiger partial charge in [-0.15, -0.1) is 0 Å². The number of hydrogen-bond donors (Lipinski definition) is 1. The Morgan fingerprint density at radius 1 is 0.971 bits per heavy atom. The Morgan fingerprint density at radius 2 is 1.76 bits per heavy atom. The maximum atomic E-state index is 13.3. The highest BCUT2D eigenvalue weighted by Gasteiger charge is 2.36. The van der Waals surface area contributed by atoms with Gasteiger partial charge in [-0.2, -0.15) is 4.98 Å². The summed E-state index contributed by atoms with van der Waals surface area (Å²) in [4.78, 5) is 19.6. The number of carbonyl (C=O) groups excluding carboxylic acids is 1. The van der Waals surface area contributed by atoms with Gasteiger partial charge < -0.3 is 9.84 Å². The number of aryl methyl sites for hydroxylation is 1. The van der Waals surface area contributed by atoms with E-state index in [0.717, 1.165) is 16.7 Å². The van der Waals surface area contributed by atoms with E-state index in [1.807, 2.05) is 68.4 Å². The molecule has 34 heavy (non-hydrogen) atoms. The van der Waals surface area contributed by atoms with Crippen molar-refractivity contribution in [2.45, 2.75) is 19.9 Å². The first-order valence-electron chi connectivity index (χ1n) is 10.6. The van der Waals surface area contributed by atoms with Gasteiger partial charge in [-0.1, -0.05) is 70.8 Å². The minimum atomic E-state index is -0.467. The van der Waals surface area contributed by atoms with Crippen LogP contribution in [0.5, 0.6) is 0 Å². The summed E-state index contributed by atoms with van der Waals surface area (Å²) < 4.78 is 5.72. The van der Waals surface area contributed by atoms with E-state index in [9.17, 15) is 4.79 Å². The molecule has 0 spiro atoms. The number of hydrogen-bond acceptors (Lipinski definition) is 4. The van der Waals surface area contributed by atoms with E-state index in [1.165, 1.54) is 0 Å². The largest absolute Gasteiger partial charge is 0.334 e. The normalized spacial score (nSPS) is 16.1. The van der Waals surface area contributed by atoms with Crippen LogP contribution in [0, 0.1) is 6.92 Å². The number of aromatic nitrogens is 2. The molecule has 1 unspecified atom stereocenters. The lowest BCUT2D eigenvalue weighted by molar-refractivity contribution is 0.244. The number of carbonyl (C=O) groups is 1. The van der Waals surface area contributed by atoms with Gasteiger partial charge in [0.2, 0.25) is 5.82 Å². The second-order valence-electron chi connectivity index (χ2n) is 7.99. The topological polar surface area (TPSA) is 71.3 Å². The first-order valence-corrected chi connectivity index (χ1v) is 11.4. The molecular formula is C26H20Cl2N4O2. The van der Waals surface area contributed by atoms with E-state index < -0.39 is 6.04 Å². The Kier molecular flexibility index (Phi) is 5.86. The van der Waals surface area contributed by atoms with E-state index in [4.69, 9.17) is 27.7 Å². The van der Waals surface area contributed by atoms with E-state index >= 15 is 0 Å². The van der Waals surface area contributed by atoms with E-state index in [-0.39, 0.29) is 6.03 Å². The summed E-state index contributed by atoms with van der Waals surface area (Å²) in [6.07, 6.45) is 0. The van der Waals surface area contributed by atoms with Crippen LogP contribution in [0.15, 0.2) is 83.0 Å². The molecule has 3 aromatic carbocycles. The van der Waals surface area contributed by atoms with Gasteiger partial charge in [-0.3, -0.25) is 4.90 Å². The minimum Gasteiger partial charge on any atom is -0.334 e. The van der Waals surface area contributed by atoms with Crippen molar-refractivity contribution in [3.05, 3.63) is 106 Å². The number of anilines is 1. The van der Waals surface area contributed by atoms with E-state index in [1.54, 1.807) is 23.1 Å². The fraction of sp³-hybridized carbons (Fsp3) is 0.115. The molecule has 2 amide bonds. The quantitative estimate of drug-likeness (QED) is 0.332. The fourth-order valence-corrected chi connectivity index (χ4v) is 4.38.